The quantitative estimate of drug-likeness (QED) is 0.754. The fourth-order valence-corrected chi connectivity index (χ4v) is 2.02. The largest absolute Gasteiger partial charge is 0.481 e. The number of aliphatic carboxylic acids is 1. The molecule has 0 spiro atoms. The predicted octanol–water partition coefficient (Wildman–Crippen LogP) is 1.72. The number of benzene rings is 1. The second-order valence-electron chi connectivity index (χ2n) is 5.18. The molecule has 1 amide bonds. The van der Waals surface area contributed by atoms with Crippen LogP contribution < -0.4 is 5.32 Å². The van der Waals surface area contributed by atoms with Gasteiger partial charge < -0.3 is 15.4 Å². The van der Waals surface area contributed by atoms with Gasteiger partial charge in [0, 0.05) is 18.9 Å². The maximum absolute atomic E-state index is 11.8. The van der Waals surface area contributed by atoms with Crippen LogP contribution >= 0.6 is 0 Å². The molecule has 0 aliphatic rings. The van der Waals surface area contributed by atoms with E-state index in [1.165, 1.54) is 0 Å². The lowest BCUT2D eigenvalue weighted by Gasteiger charge is -2.17. The number of amides is 1. The molecule has 1 aromatic carbocycles. The third-order valence-electron chi connectivity index (χ3n) is 3.56. The van der Waals surface area contributed by atoms with Crippen LogP contribution in [-0.2, 0) is 16.0 Å². The van der Waals surface area contributed by atoms with Gasteiger partial charge in [-0.2, -0.15) is 0 Å². The SMILES string of the molecule is CC(NC(=O)CCc1nc2ccccc2[nH]1)C(C)C(=O)O. The van der Waals surface area contributed by atoms with Crippen molar-refractivity contribution in [3.8, 4) is 0 Å². The first-order valence-electron chi connectivity index (χ1n) is 6.93. The first kappa shape index (κ1) is 15.0. The van der Waals surface area contributed by atoms with Gasteiger partial charge in [-0.1, -0.05) is 12.1 Å². The number of aromatic nitrogens is 2. The molecule has 6 heteroatoms. The van der Waals surface area contributed by atoms with Crippen molar-refractivity contribution in [3.05, 3.63) is 30.1 Å². The Morgan fingerprint density at radius 3 is 2.71 bits per heavy atom. The van der Waals surface area contributed by atoms with E-state index in [1.54, 1.807) is 13.8 Å². The van der Waals surface area contributed by atoms with Crippen molar-refractivity contribution in [2.24, 2.45) is 5.92 Å². The molecule has 0 bridgehead atoms. The Hall–Kier alpha value is -2.37. The van der Waals surface area contributed by atoms with E-state index in [4.69, 9.17) is 5.11 Å². The third kappa shape index (κ3) is 3.81. The Kier molecular flexibility index (Phi) is 4.57. The minimum atomic E-state index is -0.917. The molecule has 2 aromatic rings. The summed E-state index contributed by atoms with van der Waals surface area (Å²) < 4.78 is 0. The molecule has 0 saturated heterocycles. The molecule has 0 aliphatic carbocycles. The van der Waals surface area contributed by atoms with E-state index >= 15 is 0 Å². The molecule has 2 atom stereocenters. The zero-order chi connectivity index (χ0) is 15.4. The number of hydrogen-bond acceptors (Lipinski definition) is 3. The zero-order valence-electron chi connectivity index (χ0n) is 12.1. The summed E-state index contributed by atoms with van der Waals surface area (Å²) in [5, 5.41) is 11.6. The topological polar surface area (TPSA) is 95.1 Å². The monoisotopic (exact) mass is 289 g/mol. The van der Waals surface area contributed by atoms with Crippen molar-refractivity contribution in [1.82, 2.24) is 15.3 Å². The molecular weight excluding hydrogens is 270 g/mol. The molecule has 2 rings (SSSR count). The normalized spacial score (nSPS) is 13.8. The Morgan fingerprint density at radius 1 is 1.33 bits per heavy atom. The minimum Gasteiger partial charge on any atom is -0.481 e. The maximum atomic E-state index is 11.8. The summed E-state index contributed by atoms with van der Waals surface area (Å²) in [6, 6.07) is 7.28. The number of para-hydroxylation sites is 2. The number of imidazole rings is 1. The molecule has 0 saturated carbocycles. The van der Waals surface area contributed by atoms with Crippen LogP contribution in [-0.4, -0.2) is 33.0 Å². The molecule has 3 N–H and O–H groups in total. The summed E-state index contributed by atoms with van der Waals surface area (Å²) in [5.41, 5.74) is 1.82. The number of carbonyl (C=O) groups excluding carboxylic acids is 1. The first-order chi connectivity index (χ1) is 9.97. The highest BCUT2D eigenvalue weighted by molar-refractivity contribution is 5.78. The standard InChI is InChI=1S/C15H19N3O3/c1-9(15(20)21)10(2)16-14(19)8-7-13-17-11-5-3-4-6-12(11)18-13/h3-6,9-10H,7-8H2,1-2H3,(H,16,19)(H,17,18)(H,20,21). The van der Waals surface area contributed by atoms with Gasteiger partial charge in [0.05, 0.1) is 17.0 Å². The Balaban J connectivity index is 1.87. The van der Waals surface area contributed by atoms with E-state index in [2.05, 4.69) is 15.3 Å². The van der Waals surface area contributed by atoms with Gasteiger partial charge in [-0.15, -0.1) is 0 Å². The Morgan fingerprint density at radius 2 is 2.05 bits per heavy atom. The fraction of sp³-hybridized carbons (Fsp3) is 0.400. The van der Waals surface area contributed by atoms with Gasteiger partial charge in [0.25, 0.3) is 0 Å². The van der Waals surface area contributed by atoms with Gasteiger partial charge in [0.15, 0.2) is 0 Å². The highest BCUT2D eigenvalue weighted by Gasteiger charge is 2.20. The second-order valence-corrected chi connectivity index (χ2v) is 5.18. The molecule has 2 unspecified atom stereocenters. The lowest BCUT2D eigenvalue weighted by Crippen LogP contribution is -2.40. The summed E-state index contributed by atoms with van der Waals surface area (Å²) in [5.74, 6) is -0.943. The van der Waals surface area contributed by atoms with Crippen LogP contribution in [0.2, 0.25) is 0 Å². The van der Waals surface area contributed by atoms with Gasteiger partial charge in [-0.3, -0.25) is 9.59 Å². The van der Waals surface area contributed by atoms with E-state index in [9.17, 15) is 9.59 Å². The summed E-state index contributed by atoms with van der Waals surface area (Å²) in [6.07, 6.45) is 0.769. The van der Waals surface area contributed by atoms with Crippen LogP contribution in [0.4, 0.5) is 0 Å². The van der Waals surface area contributed by atoms with Crippen LogP contribution in [0.15, 0.2) is 24.3 Å². The molecule has 0 aliphatic heterocycles. The van der Waals surface area contributed by atoms with E-state index < -0.39 is 17.9 Å². The fourth-order valence-electron chi connectivity index (χ4n) is 2.02. The number of carboxylic acid groups (broad SMARTS) is 1. The van der Waals surface area contributed by atoms with Crippen LogP contribution in [0.25, 0.3) is 11.0 Å². The molecule has 0 radical (unpaired) electrons. The van der Waals surface area contributed by atoms with Gasteiger partial charge in [-0.25, -0.2) is 4.98 Å². The third-order valence-corrected chi connectivity index (χ3v) is 3.56. The number of aromatic amines is 1. The lowest BCUT2D eigenvalue weighted by molar-refractivity contribution is -0.142. The Bertz CT molecular complexity index is 617. The summed E-state index contributed by atoms with van der Waals surface area (Å²) >= 11 is 0. The first-order valence-corrected chi connectivity index (χ1v) is 6.93. The van der Waals surface area contributed by atoms with Gasteiger partial charge >= 0.3 is 5.97 Å². The molecular formula is C15H19N3O3. The predicted molar refractivity (Wildman–Crippen MR) is 78.8 cm³/mol. The summed E-state index contributed by atoms with van der Waals surface area (Å²) in [6.45, 7) is 3.27. The summed E-state index contributed by atoms with van der Waals surface area (Å²) in [4.78, 5) is 30.2. The van der Waals surface area contributed by atoms with E-state index in [-0.39, 0.29) is 12.3 Å². The Labute approximate surface area is 122 Å². The number of fused-ring (bicyclic) bond motifs is 1. The van der Waals surface area contributed by atoms with Crippen LogP contribution in [0, 0.1) is 5.92 Å². The number of carboxylic acids is 1. The smallest absolute Gasteiger partial charge is 0.308 e. The maximum Gasteiger partial charge on any atom is 0.308 e. The van der Waals surface area contributed by atoms with Crippen molar-refractivity contribution in [1.29, 1.82) is 0 Å². The zero-order valence-corrected chi connectivity index (χ0v) is 12.1. The van der Waals surface area contributed by atoms with Gasteiger partial charge in [0.1, 0.15) is 5.82 Å². The number of H-pyrrole nitrogens is 1. The van der Waals surface area contributed by atoms with Crippen LogP contribution in [0.1, 0.15) is 26.1 Å². The van der Waals surface area contributed by atoms with Gasteiger partial charge in [-0.05, 0) is 26.0 Å². The number of hydrogen-bond donors (Lipinski definition) is 3. The highest BCUT2D eigenvalue weighted by Crippen LogP contribution is 2.11. The average Bonchev–Trinajstić information content (AvgIpc) is 2.86. The number of rotatable bonds is 6. The lowest BCUT2D eigenvalue weighted by atomic mass is 10.0. The molecule has 21 heavy (non-hydrogen) atoms. The van der Waals surface area contributed by atoms with Gasteiger partial charge in [0.2, 0.25) is 5.91 Å². The summed E-state index contributed by atoms with van der Waals surface area (Å²) in [7, 11) is 0. The van der Waals surface area contributed by atoms with Crippen LogP contribution in [0.3, 0.4) is 0 Å². The molecule has 1 heterocycles. The van der Waals surface area contributed by atoms with E-state index in [0.717, 1.165) is 16.9 Å². The van der Waals surface area contributed by atoms with Crippen molar-refractivity contribution >= 4 is 22.9 Å². The minimum absolute atomic E-state index is 0.170. The van der Waals surface area contributed by atoms with Crippen LogP contribution in [0.5, 0.6) is 0 Å². The van der Waals surface area contributed by atoms with E-state index in [1.807, 2.05) is 24.3 Å². The highest BCUT2D eigenvalue weighted by atomic mass is 16.4. The average molecular weight is 289 g/mol. The second kappa shape index (κ2) is 6.39. The van der Waals surface area contributed by atoms with Crippen molar-refractivity contribution < 1.29 is 14.7 Å². The number of nitrogens with zero attached hydrogens (tertiary/aromatic N) is 1. The van der Waals surface area contributed by atoms with Crippen molar-refractivity contribution in [3.63, 3.8) is 0 Å². The number of nitrogens with one attached hydrogen (secondary N) is 2. The molecule has 1 aromatic heterocycles. The number of carbonyl (C=O) groups is 2. The number of aryl methyl sites for hydroxylation is 1. The molecule has 0 fully saturated rings. The van der Waals surface area contributed by atoms with Crippen molar-refractivity contribution in [2.45, 2.75) is 32.7 Å². The molecule has 112 valence electrons. The van der Waals surface area contributed by atoms with E-state index in [0.29, 0.717) is 6.42 Å². The van der Waals surface area contributed by atoms with Crippen molar-refractivity contribution in [2.75, 3.05) is 0 Å². The molecule has 6 nitrogen and oxygen atoms in total.